The highest BCUT2D eigenvalue weighted by atomic mass is 19.1. The van der Waals surface area contributed by atoms with Crippen LogP contribution >= 0.6 is 0 Å². The molecule has 5 aromatic rings. The van der Waals surface area contributed by atoms with Gasteiger partial charge in [0.25, 0.3) is 0 Å². The highest BCUT2D eigenvalue weighted by Crippen LogP contribution is 2.42. The zero-order chi connectivity index (χ0) is 33.2. The predicted octanol–water partition coefficient (Wildman–Crippen LogP) is 6.15. The lowest BCUT2D eigenvalue weighted by Crippen LogP contribution is -2.43. The van der Waals surface area contributed by atoms with Crippen LogP contribution < -0.4 is 9.64 Å². The molecule has 6 heterocycles. The lowest BCUT2D eigenvalue weighted by atomic mass is 9.94. The van der Waals surface area contributed by atoms with Crippen LogP contribution in [0, 0.1) is 17.6 Å². The number of ether oxygens (including phenoxy) is 1. The third-order valence-corrected chi connectivity index (χ3v) is 10.5. The van der Waals surface area contributed by atoms with Crippen LogP contribution in [0.3, 0.4) is 0 Å². The van der Waals surface area contributed by atoms with Crippen LogP contribution in [0.2, 0.25) is 0 Å². The number of hydrogen-bond donors (Lipinski definition) is 1. The van der Waals surface area contributed by atoms with Crippen molar-refractivity contribution in [3.8, 4) is 23.0 Å². The summed E-state index contributed by atoms with van der Waals surface area (Å²) in [5.74, 6) is -0.366. The summed E-state index contributed by atoms with van der Waals surface area (Å²) in [6.07, 6.45) is 6.83. The van der Waals surface area contributed by atoms with Gasteiger partial charge in [0, 0.05) is 51.1 Å². The van der Waals surface area contributed by atoms with Crippen molar-refractivity contribution in [2.75, 3.05) is 37.7 Å². The maximum absolute atomic E-state index is 16.9. The number of anilines is 1. The molecule has 3 aliphatic heterocycles. The maximum Gasteiger partial charge on any atom is 0.319 e. The molecule has 9 nitrogen and oxygen atoms in total. The van der Waals surface area contributed by atoms with Crippen LogP contribution in [0.1, 0.15) is 43.9 Å². The van der Waals surface area contributed by atoms with Crippen molar-refractivity contribution >= 4 is 27.5 Å². The van der Waals surface area contributed by atoms with Crippen molar-refractivity contribution in [1.82, 2.24) is 29.6 Å². The van der Waals surface area contributed by atoms with Crippen molar-refractivity contribution in [1.29, 1.82) is 0 Å². The Morgan fingerprint density at radius 3 is 2.79 bits per heavy atom. The Hall–Kier alpha value is -4.45. The highest BCUT2D eigenvalue weighted by molar-refractivity contribution is 6.01. The Kier molecular flexibility index (Phi) is 7.65. The van der Waals surface area contributed by atoms with E-state index in [-0.39, 0.29) is 35.1 Å². The zero-order valence-corrected chi connectivity index (χ0v) is 27.1. The van der Waals surface area contributed by atoms with Gasteiger partial charge >= 0.3 is 6.01 Å². The Balaban J connectivity index is 1.22. The molecule has 1 N–H and O–H groups in total. The van der Waals surface area contributed by atoms with Gasteiger partial charge in [-0.05, 0) is 85.2 Å². The number of phenols is 1. The van der Waals surface area contributed by atoms with Gasteiger partial charge in [-0.3, -0.25) is 14.6 Å². The van der Waals surface area contributed by atoms with Gasteiger partial charge in [-0.15, -0.1) is 0 Å². The number of halogens is 3. The van der Waals surface area contributed by atoms with E-state index >= 15 is 4.39 Å². The molecule has 3 aliphatic rings. The number of benzene rings is 2. The van der Waals surface area contributed by atoms with Crippen LogP contribution in [0.4, 0.5) is 19.0 Å². The molecule has 1 unspecified atom stereocenters. The van der Waals surface area contributed by atoms with Crippen molar-refractivity contribution in [3.63, 3.8) is 0 Å². The second-order valence-corrected chi connectivity index (χ2v) is 13.6. The highest BCUT2D eigenvalue weighted by Gasteiger charge is 2.49. The number of rotatable bonds is 8. The monoisotopic (exact) mass is 657 g/mol. The summed E-state index contributed by atoms with van der Waals surface area (Å²) >= 11 is 0. The summed E-state index contributed by atoms with van der Waals surface area (Å²) in [5, 5.41) is 16.7. The Bertz CT molecular complexity index is 2040. The molecule has 48 heavy (non-hydrogen) atoms. The fourth-order valence-corrected chi connectivity index (χ4v) is 8.25. The van der Waals surface area contributed by atoms with Crippen molar-refractivity contribution in [3.05, 3.63) is 65.6 Å². The molecule has 12 heteroatoms. The molecule has 0 saturated carbocycles. The summed E-state index contributed by atoms with van der Waals surface area (Å²) in [6.45, 7) is 4.63. The minimum Gasteiger partial charge on any atom is -0.508 e. The van der Waals surface area contributed by atoms with Crippen LogP contribution in [0.5, 0.6) is 11.8 Å². The summed E-state index contributed by atoms with van der Waals surface area (Å²) in [5.41, 5.74) is 1.25. The largest absolute Gasteiger partial charge is 0.508 e. The molecule has 0 radical (unpaired) electrons. The number of phenolic OH excluding ortho intramolecular Hbond substituents is 1. The molecule has 0 aliphatic carbocycles. The summed E-state index contributed by atoms with van der Waals surface area (Å²) in [7, 11) is 1.90. The first-order valence-corrected chi connectivity index (χ1v) is 16.8. The number of nitrogens with zero attached hydrogens (tertiary/aromatic N) is 7. The smallest absolute Gasteiger partial charge is 0.319 e. The third-order valence-electron chi connectivity index (χ3n) is 10.5. The number of aryl methyl sites for hydroxylation is 2. The van der Waals surface area contributed by atoms with E-state index in [4.69, 9.17) is 9.72 Å². The molecule has 3 saturated heterocycles. The number of alkyl halides is 1. The fourth-order valence-electron chi connectivity index (χ4n) is 8.25. The van der Waals surface area contributed by atoms with Crippen molar-refractivity contribution < 1.29 is 23.0 Å². The van der Waals surface area contributed by atoms with E-state index in [2.05, 4.69) is 24.9 Å². The number of pyridine rings is 1. The molecule has 3 aromatic heterocycles. The Labute approximate surface area is 276 Å². The second kappa shape index (κ2) is 11.9. The maximum atomic E-state index is 16.9. The summed E-state index contributed by atoms with van der Waals surface area (Å²) < 4.78 is 54.5. The third kappa shape index (κ3) is 5.30. The average molecular weight is 658 g/mol. The topological polar surface area (TPSA) is 92.4 Å². The van der Waals surface area contributed by atoms with Crippen molar-refractivity contribution in [2.24, 2.45) is 13.0 Å². The van der Waals surface area contributed by atoms with E-state index in [9.17, 15) is 13.9 Å². The minimum absolute atomic E-state index is 0.0197. The van der Waals surface area contributed by atoms with E-state index in [1.165, 1.54) is 18.2 Å². The normalized spacial score (nSPS) is 22.7. The Morgan fingerprint density at radius 2 is 1.98 bits per heavy atom. The predicted molar refractivity (Wildman–Crippen MR) is 177 cm³/mol. The Morgan fingerprint density at radius 1 is 1.10 bits per heavy atom. The SMILES string of the molecule is CCc1c(F)ccc2cc(O)cc(-c3ncc4c(N5CCC(Cc6ccn(C)n6)C5)nc(OC[C@@]56CCCN5C[C@H](F)C6)nc4c3F)c12. The number of aromatic hydroxyl groups is 1. The van der Waals surface area contributed by atoms with Gasteiger partial charge in [0.05, 0.1) is 16.6 Å². The fraction of sp³-hybridized carbons (Fsp3) is 0.444. The van der Waals surface area contributed by atoms with Gasteiger partial charge in [-0.1, -0.05) is 13.0 Å². The first-order chi connectivity index (χ1) is 23.2. The molecular weight excluding hydrogens is 619 g/mol. The van der Waals surface area contributed by atoms with Gasteiger partial charge in [0.15, 0.2) is 5.82 Å². The van der Waals surface area contributed by atoms with E-state index < -0.39 is 23.3 Å². The second-order valence-electron chi connectivity index (χ2n) is 13.6. The first-order valence-electron chi connectivity index (χ1n) is 16.8. The first kappa shape index (κ1) is 30.9. The number of aromatic nitrogens is 5. The lowest BCUT2D eigenvalue weighted by molar-refractivity contribution is 0.107. The number of hydrogen-bond acceptors (Lipinski definition) is 8. The molecule has 8 rings (SSSR count). The number of fused-ring (bicyclic) bond motifs is 3. The van der Waals surface area contributed by atoms with Crippen LogP contribution in [-0.4, -0.2) is 79.2 Å². The van der Waals surface area contributed by atoms with Gasteiger partial charge in [-0.25, -0.2) is 13.2 Å². The summed E-state index contributed by atoms with van der Waals surface area (Å²) in [6, 6.07) is 7.92. The van der Waals surface area contributed by atoms with Crippen LogP contribution in [-0.2, 0) is 19.9 Å². The molecule has 0 spiro atoms. The van der Waals surface area contributed by atoms with Gasteiger partial charge < -0.3 is 14.7 Å². The minimum atomic E-state index is -0.913. The molecule has 2 aromatic carbocycles. The molecule has 250 valence electrons. The molecule has 3 atom stereocenters. The van der Waals surface area contributed by atoms with E-state index in [1.54, 1.807) is 16.9 Å². The summed E-state index contributed by atoms with van der Waals surface area (Å²) in [4.78, 5) is 18.3. The van der Waals surface area contributed by atoms with Crippen LogP contribution in [0.15, 0.2) is 42.7 Å². The molecule has 0 bridgehead atoms. The molecule has 3 fully saturated rings. The van der Waals surface area contributed by atoms with Gasteiger partial charge in [0.1, 0.15) is 41.4 Å². The van der Waals surface area contributed by atoms with Crippen molar-refractivity contribution in [2.45, 2.75) is 57.2 Å². The lowest BCUT2D eigenvalue weighted by Gasteiger charge is -2.31. The standard InChI is InChI=1S/C36H38F3N7O2/c1-3-26-29(38)6-5-22-14-25(47)15-27(30(22)26)32-31(39)33-28(17-40-32)34(45-12-7-21(18-45)13-24-8-11-44(2)43-24)42-35(41-33)48-20-36-9-4-10-46(36)19-23(37)16-36/h5-6,8,11,14-15,17,21,23,47H,3-4,7,9-10,12-13,16,18-20H2,1-2H3/t21?,23-,36+/m1/s1. The van der Waals surface area contributed by atoms with Gasteiger partial charge in [0.2, 0.25) is 0 Å². The van der Waals surface area contributed by atoms with E-state index in [0.29, 0.717) is 65.9 Å². The molecular formula is C36H38F3N7O2. The van der Waals surface area contributed by atoms with E-state index in [1.807, 2.05) is 26.2 Å². The van der Waals surface area contributed by atoms with E-state index in [0.717, 1.165) is 37.9 Å². The molecule has 0 amide bonds. The van der Waals surface area contributed by atoms with Gasteiger partial charge in [-0.2, -0.15) is 15.1 Å². The zero-order valence-electron chi connectivity index (χ0n) is 27.1. The van der Waals surface area contributed by atoms with Crippen LogP contribution in [0.25, 0.3) is 32.9 Å². The quantitative estimate of drug-likeness (QED) is 0.213. The average Bonchev–Trinajstić information content (AvgIpc) is 3.85.